The molecule has 74 valence electrons. The number of aromatic nitrogens is 2. The van der Waals surface area contributed by atoms with Crippen LogP contribution in [0.1, 0.15) is 17.1 Å². The Morgan fingerprint density at radius 2 is 1.86 bits per heavy atom. The van der Waals surface area contributed by atoms with Crippen LogP contribution >= 0.6 is 27.3 Å². The van der Waals surface area contributed by atoms with Crippen molar-refractivity contribution in [2.24, 2.45) is 0 Å². The van der Waals surface area contributed by atoms with Crippen LogP contribution in [0.25, 0.3) is 10.6 Å². The lowest BCUT2D eigenvalue weighted by atomic mass is 10.1. The minimum Gasteiger partial charge on any atom is -0.466 e. The highest BCUT2D eigenvalue weighted by atomic mass is 79.9. The van der Waals surface area contributed by atoms with Gasteiger partial charge in [0.2, 0.25) is 0 Å². The Morgan fingerprint density at radius 1 is 1.14 bits per heavy atom. The van der Waals surface area contributed by atoms with Crippen molar-refractivity contribution < 1.29 is 4.42 Å². The van der Waals surface area contributed by atoms with Crippen LogP contribution in [0.2, 0.25) is 0 Å². The maximum absolute atomic E-state index is 5.53. The van der Waals surface area contributed by atoms with E-state index >= 15 is 0 Å². The molecule has 2 aromatic rings. The van der Waals surface area contributed by atoms with Crippen LogP contribution in [-0.2, 0) is 0 Å². The van der Waals surface area contributed by atoms with Crippen LogP contribution in [0.4, 0.5) is 0 Å². The summed E-state index contributed by atoms with van der Waals surface area (Å²) >= 11 is 4.82. The molecule has 0 amide bonds. The zero-order valence-electron chi connectivity index (χ0n) is 8.09. The van der Waals surface area contributed by atoms with E-state index in [9.17, 15) is 0 Å². The third-order valence-electron chi connectivity index (χ3n) is 2.18. The number of hydrogen-bond donors (Lipinski definition) is 0. The fourth-order valence-corrected chi connectivity index (χ4v) is 2.68. The van der Waals surface area contributed by atoms with Crippen molar-refractivity contribution in [3.8, 4) is 10.6 Å². The SMILES string of the molecule is Cc1oc(C)c(-c2nnc(Br)s2)c1C. The molecule has 14 heavy (non-hydrogen) atoms. The summed E-state index contributed by atoms with van der Waals surface area (Å²) in [5.41, 5.74) is 2.22. The lowest BCUT2D eigenvalue weighted by Gasteiger charge is -1.92. The summed E-state index contributed by atoms with van der Waals surface area (Å²) in [6.45, 7) is 5.95. The van der Waals surface area contributed by atoms with Crippen LogP contribution < -0.4 is 0 Å². The molecular weight excluding hydrogens is 264 g/mol. The highest BCUT2D eigenvalue weighted by Gasteiger charge is 2.16. The lowest BCUT2D eigenvalue weighted by molar-refractivity contribution is 0.503. The van der Waals surface area contributed by atoms with E-state index in [1.807, 2.05) is 20.8 Å². The van der Waals surface area contributed by atoms with E-state index < -0.39 is 0 Å². The number of rotatable bonds is 1. The molecule has 3 nitrogen and oxygen atoms in total. The zero-order valence-corrected chi connectivity index (χ0v) is 10.5. The first kappa shape index (κ1) is 9.86. The fourth-order valence-electron chi connectivity index (χ4n) is 1.41. The van der Waals surface area contributed by atoms with Crippen LogP contribution in [-0.4, -0.2) is 10.2 Å². The predicted octanol–water partition coefficient (Wildman–Crippen LogP) is 3.49. The summed E-state index contributed by atoms with van der Waals surface area (Å²) in [5.74, 6) is 1.85. The van der Waals surface area contributed by atoms with E-state index in [4.69, 9.17) is 4.42 Å². The highest BCUT2D eigenvalue weighted by Crippen LogP contribution is 2.34. The van der Waals surface area contributed by atoms with Gasteiger partial charge in [0.1, 0.15) is 11.5 Å². The summed E-state index contributed by atoms with van der Waals surface area (Å²) in [7, 11) is 0. The van der Waals surface area contributed by atoms with Gasteiger partial charge in [-0.2, -0.15) is 0 Å². The number of halogens is 1. The van der Waals surface area contributed by atoms with Gasteiger partial charge in [-0.05, 0) is 36.7 Å². The van der Waals surface area contributed by atoms with Gasteiger partial charge < -0.3 is 4.42 Å². The number of aryl methyl sites for hydroxylation is 2. The smallest absolute Gasteiger partial charge is 0.183 e. The van der Waals surface area contributed by atoms with E-state index in [1.54, 1.807) is 0 Å². The van der Waals surface area contributed by atoms with Crippen LogP contribution in [0.15, 0.2) is 8.33 Å². The molecular formula is C9H9BrN2OS. The van der Waals surface area contributed by atoms with Crippen LogP contribution in [0.5, 0.6) is 0 Å². The summed E-state index contributed by atoms with van der Waals surface area (Å²) in [6.07, 6.45) is 0. The van der Waals surface area contributed by atoms with Gasteiger partial charge in [0.15, 0.2) is 8.92 Å². The van der Waals surface area contributed by atoms with Crippen molar-refractivity contribution in [3.63, 3.8) is 0 Å². The quantitative estimate of drug-likeness (QED) is 0.798. The highest BCUT2D eigenvalue weighted by molar-refractivity contribution is 9.11. The van der Waals surface area contributed by atoms with Crippen molar-refractivity contribution in [2.75, 3.05) is 0 Å². The maximum atomic E-state index is 5.53. The molecule has 0 spiro atoms. The predicted molar refractivity (Wildman–Crippen MR) is 59.5 cm³/mol. The molecule has 0 N–H and O–H groups in total. The Kier molecular flexibility index (Phi) is 2.45. The third kappa shape index (κ3) is 1.50. The van der Waals surface area contributed by atoms with E-state index in [1.165, 1.54) is 11.3 Å². The van der Waals surface area contributed by atoms with Gasteiger partial charge in [-0.25, -0.2) is 0 Å². The number of hydrogen-bond acceptors (Lipinski definition) is 4. The van der Waals surface area contributed by atoms with Crippen molar-refractivity contribution in [1.82, 2.24) is 10.2 Å². The van der Waals surface area contributed by atoms with E-state index in [0.29, 0.717) is 0 Å². The number of furan rings is 1. The average Bonchev–Trinajstić information content (AvgIpc) is 2.60. The first-order chi connectivity index (χ1) is 6.59. The topological polar surface area (TPSA) is 38.9 Å². The second-order valence-corrected chi connectivity index (χ2v) is 5.33. The van der Waals surface area contributed by atoms with Gasteiger partial charge in [0.25, 0.3) is 0 Å². The Labute approximate surface area is 94.3 Å². The minimum atomic E-state index is 0.796. The Morgan fingerprint density at radius 3 is 2.29 bits per heavy atom. The first-order valence-electron chi connectivity index (χ1n) is 4.15. The second kappa shape index (κ2) is 3.47. The van der Waals surface area contributed by atoms with Gasteiger partial charge in [-0.15, -0.1) is 10.2 Å². The Bertz CT molecular complexity index is 475. The van der Waals surface area contributed by atoms with E-state index in [0.717, 1.165) is 31.6 Å². The van der Waals surface area contributed by atoms with Gasteiger partial charge in [0.05, 0.1) is 5.56 Å². The number of nitrogens with zero attached hydrogens (tertiary/aromatic N) is 2. The van der Waals surface area contributed by atoms with Gasteiger partial charge in [-0.3, -0.25) is 0 Å². The third-order valence-corrected chi connectivity index (χ3v) is 3.55. The molecule has 0 saturated carbocycles. The van der Waals surface area contributed by atoms with Crippen molar-refractivity contribution in [3.05, 3.63) is 21.0 Å². The molecule has 0 fully saturated rings. The molecule has 0 bridgehead atoms. The molecule has 2 heterocycles. The normalized spacial score (nSPS) is 10.9. The summed E-state index contributed by atoms with van der Waals surface area (Å²) in [5, 5.41) is 8.92. The monoisotopic (exact) mass is 272 g/mol. The van der Waals surface area contributed by atoms with Gasteiger partial charge in [0, 0.05) is 5.56 Å². The Balaban J connectivity index is 2.61. The molecule has 2 rings (SSSR count). The molecule has 0 aliphatic rings. The standard InChI is InChI=1S/C9H9BrN2OS/c1-4-5(2)13-6(3)7(4)8-11-12-9(10)14-8/h1-3H3. The molecule has 2 aromatic heterocycles. The molecule has 0 atom stereocenters. The summed E-state index contributed by atoms with van der Waals surface area (Å²) < 4.78 is 6.33. The fraction of sp³-hybridized carbons (Fsp3) is 0.333. The molecule has 0 unspecified atom stereocenters. The average molecular weight is 273 g/mol. The summed E-state index contributed by atoms with van der Waals surface area (Å²) in [4.78, 5) is 0. The van der Waals surface area contributed by atoms with Crippen LogP contribution in [0, 0.1) is 20.8 Å². The first-order valence-corrected chi connectivity index (χ1v) is 5.76. The zero-order chi connectivity index (χ0) is 10.3. The second-order valence-electron chi connectivity index (χ2n) is 3.07. The van der Waals surface area contributed by atoms with Crippen molar-refractivity contribution in [2.45, 2.75) is 20.8 Å². The lowest BCUT2D eigenvalue weighted by Crippen LogP contribution is -1.80. The van der Waals surface area contributed by atoms with Gasteiger partial charge in [-0.1, -0.05) is 11.3 Å². The Hall–Kier alpha value is -0.680. The van der Waals surface area contributed by atoms with Gasteiger partial charge >= 0.3 is 0 Å². The molecule has 0 aromatic carbocycles. The summed E-state index contributed by atoms with van der Waals surface area (Å²) in [6, 6.07) is 0. The largest absolute Gasteiger partial charge is 0.466 e. The van der Waals surface area contributed by atoms with E-state index in [-0.39, 0.29) is 0 Å². The molecule has 0 radical (unpaired) electrons. The minimum absolute atomic E-state index is 0.796. The molecule has 5 heteroatoms. The molecule has 0 aliphatic heterocycles. The van der Waals surface area contributed by atoms with Crippen molar-refractivity contribution in [1.29, 1.82) is 0 Å². The van der Waals surface area contributed by atoms with Crippen molar-refractivity contribution >= 4 is 27.3 Å². The molecule has 0 aliphatic carbocycles. The maximum Gasteiger partial charge on any atom is 0.183 e. The van der Waals surface area contributed by atoms with Crippen LogP contribution in [0.3, 0.4) is 0 Å². The van der Waals surface area contributed by atoms with E-state index in [2.05, 4.69) is 26.1 Å². The molecule has 0 saturated heterocycles.